The molecule has 0 aliphatic rings. The average Bonchev–Trinajstić information content (AvgIpc) is 2.45. The summed E-state index contributed by atoms with van der Waals surface area (Å²) in [6, 6.07) is -0.846. The van der Waals surface area contributed by atoms with E-state index in [1.165, 1.54) is 0 Å². The van der Waals surface area contributed by atoms with E-state index in [2.05, 4.69) is 18.2 Å². The van der Waals surface area contributed by atoms with Crippen LogP contribution in [0.15, 0.2) is 0 Å². The quantitative estimate of drug-likeness (QED) is 0.399. The first-order valence-electron chi connectivity index (χ1n) is 7.40. The molecule has 1 amide bonds. The molecule has 0 saturated heterocycles. The predicted octanol–water partition coefficient (Wildman–Crippen LogP) is 1.88. The number of unbranched alkanes of at least 4 members (excludes halogenated alkanes) is 3. The number of ether oxygens (including phenoxy) is 1. The lowest BCUT2D eigenvalue weighted by Crippen LogP contribution is -2.31. The molecule has 0 aliphatic heterocycles. The van der Waals surface area contributed by atoms with Crippen molar-refractivity contribution in [1.29, 1.82) is 0 Å². The SMILES string of the molecule is C#CC(CCCCC)OC(=O)NCCCC[C@H](N)C(=O)O. The van der Waals surface area contributed by atoms with Crippen molar-refractivity contribution >= 4 is 12.1 Å². The Balaban J connectivity index is 3.69. The van der Waals surface area contributed by atoms with Gasteiger partial charge in [-0.3, -0.25) is 4.79 Å². The maximum absolute atomic E-state index is 11.5. The Morgan fingerprint density at radius 1 is 1.29 bits per heavy atom. The second-order valence-electron chi connectivity index (χ2n) is 4.92. The van der Waals surface area contributed by atoms with E-state index in [-0.39, 0.29) is 0 Å². The van der Waals surface area contributed by atoms with E-state index in [1.807, 2.05) is 0 Å². The fourth-order valence-corrected chi connectivity index (χ4v) is 1.73. The van der Waals surface area contributed by atoms with E-state index >= 15 is 0 Å². The summed E-state index contributed by atoms with van der Waals surface area (Å²) in [4.78, 5) is 22.0. The molecule has 0 heterocycles. The molecule has 0 fully saturated rings. The van der Waals surface area contributed by atoms with Crippen LogP contribution >= 0.6 is 0 Å². The Hall–Kier alpha value is -1.74. The number of nitrogens with two attached hydrogens (primary N) is 1. The Kier molecular flexibility index (Phi) is 11.0. The van der Waals surface area contributed by atoms with Crippen LogP contribution in [0, 0.1) is 12.3 Å². The van der Waals surface area contributed by atoms with Crippen molar-refractivity contribution in [2.75, 3.05) is 6.54 Å². The van der Waals surface area contributed by atoms with Crippen LogP contribution in [0.2, 0.25) is 0 Å². The van der Waals surface area contributed by atoms with Crippen molar-refractivity contribution in [1.82, 2.24) is 5.32 Å². The first-order valence-corrected chi connectivity index (χ1v) is 7.40. The summed E-state index contributed by atoms with van der Waals surface area (Å²) < 4.78 is 5.11. The Morgan fingerprint density at radius 2 is 1.95 bits per heavy atom. The lowest BCUT2D eigenvalue weighted by Gasteiger charge is -2.13. The van der Waals surface area contributed by atoms with Gasteiger partial charge in [-0.25, -0.2) is 4.79 Å². The third-order valence-electron chi connectivity index (χ3n) is 3.03. The van der Waals surface area contributed by atoms with E-state index in [0.29, 0.717) is 32.2 Å². The first-order chi connectivity index (χ1) is 10.0. The molecule has 0 spiro atoms. The van der Waals surface area contributed by atoms with Gasteiger partial charge >= 0.3 is 12.1 Å². The van der Waals surface area contributed by atoms with Crippen LogP contribution in [0.1, 0.15) is 51.9 Å². The van der Waals surface area contributed by atoms with Crippen molar-refractivity contribution in [2.24, 2.45) is 5.73 Å². The van der Waals surface area contributed by atoms with E-state index < -0.39 is 24.2 Å². The summed E-state index contributed by atoms with van der Waals surface area (Å²) in [5.74, 6) is 1.45. The van der Waals surface area contributed by atoms with Gasteiger partial charge in [0.25, 0.3) is 0 Å². The van der Waals surface area contributed by atoms with Crippen LogP contribution in [0.4, 0.5) is 4.79 Å². The third-order valence-corrected chi connectivity index (χ3v) is 3.03. The number of hydrogen-bond donors (Lipinski definition) is 3. The normalized spacial score (nSPS) is 13.0. The minimum absolute atomic E-state index is 0.385. The third kappa shape index (κ3) is 10.7. The molecule has 0 saturated carbocycles. The minimum Gasteiger partial charge on any atom is -0.480 e. The van der Waals surface area contributed by atoms with Gasteiger partial charge in [-0.2, -0.15) is 0 Å². The molecule has 4 N–H and O–H groups in total. The zero-order chi connectivity index (χ0) is 16.1. The molecule has 120 valence electrons. The lowest BCUT2D eigenvalue weighted by atomic mass is 10.1. The smallest absolute Gasteiger partial charge is 0.408 e. The van der Waals surface area contributed by atoms with Crippen LogP contribution in [0.25, 0.3) is 0 Å². The summed E-state index contributed by atoms with van der Waals surface area (Å²) >= 11 is 0. The highest BCUT2D eigenvalue weighted by molar-refractivity contribution is 5.72. The largest absolute Gasteiger partial charge is 0.480 e. The predicted molar refractivity (Wildman–Crippen MR) is 80.7 cm³/mol. The van der Waals surface area contributed by atoms with E-state index in [1.54, 1.807) is 0 Å². The number of rotatable bonds is 11. The lowest BCUT2D eigenvalue weighted by molar-refractivity contribution is -0.138. The van der Waals surface area contributed by atoms with Crippen LogP contribution in [0.5, 0.6) is 0 Å². The molecular formula is C15H26N2O4. The molecule has 2 atom stereocenters. The Bertz CT molecular complexity index is 352. The van der Waals surface area contributed by atoms with E-state index in [4.69, 9.17) is 22.0 Å². The maximum Gasteiger partial charge on any atom is 0.408 e. The molecule has 0 rings (SSSR count). The van der Waals surface area contributed by atoms with Crippen molar-refractivity contribution in [3.8, 4) is 12.3 Å². The molecule has 0 radical (unpaired) electrons. The van der Waals surface area contributed by atoms with E-state index in [0.717, 1.165) is 19.3 Å². The Morgan fingerprint density at radius 3 is 2.52 bits per heavy atom. The van der Waals surface area contributed by atoms with Gasteiger partial charge in [0.05, 0.1) is 0 Å². The minimum atomic E-state index is -1.01. The van der Waals surface area contributed by atoms with Gasteiger partial charge in [0.1, 0.15) is 6.04 Å². The van der Waals surface area contributed by atoms with Gasteiger partial charge in [-0.05, 0) is 32.1 Å². The second kappa shape index (κ2) is 12.0. The fraction of sp³-hybridized carbons (Fsp3) is 0.733. The molecule has 0 aliphatic carbocycles. The van der Waals surface area contributed by atoms with Gasteiger partial charge in [-0.15, -0.1) is 6.42 Å². The average molecular weight is 298 g/mol. The van der Waals surface area contributed by atoms with Crippen molar-refractivity contribution < 1.29 is 19.4 Å². The Labute approximate surface area is 126 Å². The molecule has 0 bridgehead atoms. The maximum atomic E-state index is 11.5. The van der Waals surface area contributed by atoms with Gasteiger partial charge in [0, 0.05) is 6.54 Å². The first kappa shape index (κ1) is 19.3. The number of nitrogens with one attached hydrogen (secondary N) is 1. The van der Waals surface area contributed by atoms with E-state index in [9.17, 15) is 9.59 Å². The van der Waals surface area contributed by atoms with Crippen molar-refractivity contribution in [3.63, 3.8) is 0 Å². The summed E-state index contributed by atoms with van der Waals surface area (Å²) in [5, 5.41) is 11.2. The molecule has 0 aromatic carbocycles. The zero-order valence-corrected chi connectivity index (χ0v) is 12.6. The highest BCUT2D eigenvalue weighted by Crippen LogP contribution is 2.06. The molecule has 1 unspecified atom stereocenters. The second-order valence-corrected chi connectivity index (χ2v) is 4.92. The van der Waals surface area contributed by atoms with Crippen LogP contribution in [0.3, 0.4) is 0 Å². The summed E-state index contributed by atoms with van der Waals surface area (Å²) in [7, 11) is 0. The molecule has 0 aromatic heterocycles. The van der Waals surface area contributed by atoms with Crippen molar-refractivity contribution in [2.45, 2.75) is 64.0 Å². The number of amides is 1. The van der Waals surface area contributed by atoms with Gasteiger partial charge in [-0.1, -0.05) is 25.7 Å². The van der Waals surface area contributed by atoms with Crippen LogP contribution < -0.4 is 11.1 Å². The molecule has 6 nitrogen and oxygen atoms in total. The molecule has 6 heteroatoms. The number of terminal acetylenes is 1. The summed E-state index contributed by atoms with van der Waals surface area (Å²) in [5.41, 5.74) is 5.37. The zero-order valence-electron chi connectivity index (χ0n) is 12.6. The van der Waals surface area contributed by atoms with Crippen LogP contribution in [-0.4, -0.2) is 35.9 Å². The molecular weight excluding hydrogens is 272 g/mol. The monoisotopic (exact) mass is 298 g/mol. The number of hydrogen-bond acceptors (Lipinski definition) is 4. The topological polar surface area (TPSA) is 102 Å². The fourth-order valence-electron chi connectivity index (χ4n) is 1.73. The number of alkyl carbamates (subject to hydrolysis) is 1. The molecule has 21 heavy (non-hydrogen) atoms. The highest BCUT2D eigenvalue weighted by Gasteiger charge is 2.12. The van der Waals surface area contributed by atoms with Gasteiger partial charge in [0.15, 0.2) is 6.10 Å². The standard InChI is InChI=1S/C15H26N2O4/c1-3-5-6-9-12(4-2)21-15(20)17-11-8-7-10-13(16)14(18)19/h2,12-13H,3,5-11,16H2,1H3,(H,17,20)(H,18,19)/t12?,13-/m0/s1. The highest BCUT2D eigenvalue weighted by atomic mass is 16.6. The number of carboxylic acids is 1. The number of carbonyl (C=O) groups excluding carboxylic acids is 1. The molecule has 0 aromatic rings. The van der Waals surface area contributed by atoms with Gasteiger partial charge in [0.2, 0.25) is 0 Å². The number of aliphatic carboxylic acids is 1. The van der Waals surface area contributed by atoms with Crippen LogP contribution in [-0.2, 0) is 9.53 Å². The number of carbonyl (C=O) groups is 2. The van der Waals surface area contributed by atoms with Crippen molar-refractivity contribution in [3.05, 3.63) is 0 Å². The summed E-state index contributed by atoms with van der Waals surface area (Å²) in [6.07, 6.45) is 9.71. The number of carboxylic acid groups (broad SMARTS) is 1. The van der Waals surface area contributed by atoms with Gasteiger partial charge < -0.3 is 20.9 Å². The summed E-state index contributed by atoms with van der Waals surface area (Å²) in [6.45, 7) is 2.51.